The van der Waals surface area contributed by atoms with E-state index in [1.54, 1.807) is 6.20 Å². The van der Waals surface area contributed by atoms with Crippen LogP contribution in [0, 0.1) is 13.8 Å². The van der Waals surface area contributed by atoms with Gasteiger partial charge in [-0.05, 0) is 37.5 Å². The molecule has 0 unspecified atom stereocenters. The monoisotopic (exact) mass is 339 g/mol. The SMILES string of the molecule is CCCn1ccnc1CNC(=O)CCc1nc2c(C)c(C)ccc2[nH]1. The summed E-state index contributed by atoms with van der Waals surface area (Å²) >= 11 is 0. The summed E-state index contributed by atoms with van der Waals surface area (Å²) in [6.45, 7) is 7.67. The number of imidazole rings is 2. The summed E-state index contributed by atoms with van der Waals surface area (Å²) in [5.41, 5.74) is 4.44. The lowest BCUT2D eigenvalue weighted by molar-refractivity contribution is -0.121. The van der Waals surface area contributed by atoms with Crippen LogP contribution in [0.3, 0.4) is 0 Å². The van der Waals surface area contributed by atoms with Crippen LogP contribution in [0.5, 0.6) is 0 Å². The number of aromatic nitrogens is 4. The van der Waals surface area contributed by atoms with E-state index in [-0.39, 0.29) is 5.91 Å². The number of carbonyl (C=O) groups is 1. The number of H-pyrrole nitrogens is 1. The average Bonchev–Trinajstić information content (AvgIpc) is 3.22. The number of rotatable bonds is 7. The molecule has 2 aromatic heterocycles. The van der Waals surface area contributed by atoms with Gasteiger partial charge in [0.15, 0.2) is 0 Å². The lowest BCUT2D eigenvalue weighted by Crippen LogP contribution is -2.25. The largest absolute Gasteiger partial charge is 0.349 e. The van der Waals surface area contributed by atoms with E-state index < -0.39 is 0 Å². The van der Waals surface area contributed by atoms with Crippen LogP contribution in [0.4, 0.5) is 0 Å². The van der Waals surface area contributed by atoms with Crippen LogP contribution >= 0.6 is 0 Å². The zero-order chi connectivity index (χ0) is 17.8. The lowest BCUT2D eigenvalue weighted by Gasteiger charge is -2.07. The molecule has 132 valence electrons. The number of nitrogens with zero attached hydrogens (tertiary/aromatic N) is 3. The summed E-state index contributed by atoms with van der Waals surface area (Å²) in [4.78, 5) is 24.4. The summed E-state index contributed by atoms with van der Waals surface area (Å²) in [6.07, 6.45) is 5.77. The van der Waals surface area contributed by atoms with Crippen molar-refractivity contribution in [3.05, 3.63) is 47.3 Å². The fourth-order valence-corrected chi connectivity index (χ4v) is 2.93. The molecule has 0 saturated carbocycles. The van der Waals surface area contributed by atoms with Gasteiger partial charge in [-0.2, -0.15) is 0 Å². The number of hydrogen-bond donors (Lipinski definition) is 2. The van der Waals surface area contributed by atoms with Crippen LogP contribution in [-0.4, -0.2) is 25.4 Å². The molecule has 6 heteroatoms. The molecule has 2 heterocycles. The maximum absolute atomic E-state index is 12.1. The molecule has 2 N–H and O–H groups in total. The Bertz CT molecular complexity index is 877. The van der Waals surface area contributed by atoms with Crippen LogP contribution in [-0.2, 0) is 24.3 Å². The molecule has 0 aliphatic heterocycles. The third-order valence-electron chi connectivity index (χ3n) is 4.53. The van der Waals surface area contributed by atoms with Gasteiger partial charge in [-0.15, -0.1) is 0 Å². The fourth-order valence-electron chi connectivity index (χ4n) is 2.93. The molecule has 0 saturated heterocycles. The molecular weight excluding hydrogens is 314 g/mol. The number of aryl methyl sites for hydroxylation is 4. The molecule has 0 aliphatic carbocycles. The Morgan fingerprint density at radius 3 is 2.96 bits per heavy atom. The van der Waals surface area contributed by atoms with Crippen molar-refractivity contribution in [3.63, 3.8) is 0 Å². The predicted molar refractivity (Wildman–Crippen MR) is 98.3 cm³/mol. The van der Waals surface area contributed by atoms with Crippen LogP contribution < -0.4 is 5.32 Å². The molecule has 0 radical (unpaired) electrons. The molecule has 3 aromatic rings. The van der Waals surface area contributed by atoms with E-state index in [9.17, 15) is 4.79 Å². The fraction of sp³-hybridized carbons (Fsp3) is 0.421. The van der Waals surface area contributed by atoms with Crippen molar-refractivity contribution >= 4 is 16.9 Å². The smallest absolute Gasteiger partial charge is 0.220 e. The Balaban J connectivity index is 1.55. The highest BCUT2D eigenvalue weighted by atomic mass is 16.1. The number of fused-ring (bicyclic) bond motifs is 1. The second-order valence-electron chi connectivity index (χ2n) is 6.40. The van der Waals surface area contributed by atoms with E-state index in [4.69, 9.17) is 0 Å². The first-order valence-corrected chi connectivity index (χ1v) is 8.80. The minimum Gasteiger partial charge on any atom is -0.349 e. The Morgan fingerprint density at radius 2 is 2.16 bits per heavy atom. The van der Waals surface area contributed by atoms with Gasteiger partial charge < -0.3 is 14.9 Å². The molecule has 0 fully saturated rings. The minimum atomic E-state index is 0.0133. The van der Waals surface area contributed by atoms with Gasteiger partial charge in [0.2, 0.25) is 5.91 Å². The molecule has 0 atom stereocenters. The van der Waals surface area contributed by atoms with Crippen molar-refractivity contribution in [2.45, 2.75) is 53.1 Å². The first-order chi connectivity index (χ1) is 12.1. The summed E-state index contributed by atoms with van der Waals surface area (Å²) < 4.78 is 2.07. The number of nitrogens with one attached hydrogen (secondary N) is 2. The van der Waals surface area contributed by atoms with Gasteiger partial charge in [-0.25, -0.2) is 9.97 Å². The van der Waals surface area contributed by atoms with E-state index >= 15 is 0 Å². The van der Waals surface area contributed by atoms with E-state index in [2.05, 4.69) is 51.7 Å². The first kappa shape index (κ1) is 17.2. The summed E-state index contributed by atoms with van der Waals surface area (Å²) in [6, 6.07) is 4.13. The van der Waals surface area contributed by atoms with Crippen LogP contribution in [0.1, 0.15) is 42.5 Å². The van der Waals surface area contributed by atoms with Crippen LogP contribution in [0.15, 0.2) is 24.5 Å². The van der Waals surface area contributed by atoms with Crippen molar-refractivity contribution in [1.82, 2.24) is 24.8 Å². The van der Waals surface area contributed by atoms with Gasteiger partial charge in [0.25, 0.3) is 0 Å². The van der Waals surface area contributed by atoms with Crippen molar-refractivity contribution in [3.8, 4) is 0 Å². The van der Waals surface area contributed by atoms with E-state index in [1.807, 2.05) is 12.3 Å². The second-order valence-corrected chi connectivity index (χ2v) is 6.40. The summed E-state index contributed by atoms with van der Waals surface area (Å²) in [5, 5.41) is 2.94. The van der Waals surface area contributed by atoms with Crippen molar-refractivity contribution < 1.29 is 4.79 Å². The van der Waals surface area contributed by atoms with Gasteiger partial charge in [0, 0.05) is 31.8 Å². The number of carbonyl (C=O) groups excluding carboxylic acids is 1. The zero-order valence-electron chi connectivity index (χ0n) is 15.1. The minimum absolute atomic E-state index is 0.0133. The molecule has 6 nitrogen and oxygen atoms in total. The second kappa shape index (κ2) is 7.51. The highest BCUT2D eigenvalue weighted by molar-refractivity contribution is 5.80. The number of benzene rings is 1. The highest BCUT2D eigenvalue weighted by Gasteiger charge is 2.10. The quantitative estimate of drug-likeness (QED) is 0.695. The molecular formula is C19H25N5O. The number of hydrogen-bond acceptors (Lipinski definition) is 3. The topological polar surface area (TPSA) is 75.6 Å². The summed E-state index contributed by atoms with van der Waals surface area (Å²) in [7, 11) is 0. The normalized spacial score (nSPS) is 11.2. The summed E-state index contributed by atoms with van der Waals surface area (Å²) in [5.74, 6) is 1.76. The Morgan fingerprint density at radius 1 is 1.32 bits per heavy atom. The van der Waals surface area contributed by atoms with Crippen molar-refractivity contribution in [2.75, 3.05) is 0 Å². The van der Waals surface area contributed by atoms with Crippen LogP contribution in [0.25, 0.3) is 11.0 Å². The molecule has 0 aliphatic rings. The van der Waals surface area contributed by atoms with Gasteiger partial charge in [-0.1, -0.05) is 13.0 Å². The van der Waals surface area contributed by atoms with E-state index in [0.29, 0.717) is 19.4 Å². The van der Waals surface area contributed by atoms with Crippen molar-refractivity contribution in [2.24, 2.45) is 0 Å². The number of aromatic amines is 1. The molecule has 25 heavy (non-hydrogen) atoms. The predicted octanol–water partition coefficient (Wildman–Crippen LogP) is 3.04. The average molecular weight is 339 g/mol. The molecule has 0 spiro atoms. The maximum atomic E-state index is 12.1. The van der Waals surface area contributed by atoms with Gasteiger partial charge in [0.05, 0.1) is 17.6 Å². The van der Waals surface area contributed by atoms with Gasteiger partial charge in [-0.3, -0.25) is 4.79 Å². The molecule has 3 rings (SSSR count). The van der Waals surface area contributed by atoms with Gasteiger partial charge >= 0.3 is 0 Å². The molecule has 1 aromatic carbocycles. The standard InChI is InChI=1S/C19H25N5O/c1-4-10-24-11-9-20-17(24)12-21-18(25)8-7-16-22-15-6-5-13(2)14(3)19(15)23-16/h5-6,9,11H,4,7-8,10,12H2,1-3H3,(H,21,25)(H,22,23). The Labute approximate surface area is 147 Å². The zero-order valence-corrected chi connectivity index (χ0v) is 15.1. The van der Waals surface area contributed by atoms with Gasteiger partial charge in [0.1, 0.15) is 11.6 Å². The first-order valence-electron chi connectivity index (χ1n) is 8.80. The lowest BCUT2D eigenvalue weighted by atomic mass is 10.1. The molecule has 0 bridgehead atoms. The van der Waals surface area contributed by atoms with E-state index in [1.165, 1.54) is 11.1 Å². The van der Waals surface area contributed by atoms with E-state index in [0.717, 1.165) is 35.6 Å². The third kappa shape index (κ3) is 3.90. The maximum Gasteiger partial charge on any atom is 0.220 e. The highest BCUT2D eigenvalue weighted by Crippen LogP contribution is 2.19. The van der Waals surface area contributed by atoms with Crippen molar-refractivity contribution in [1.29, 1.82) is 0 Å². The Hall–Kier alpha value is -2.63. The third-order valence-corrected chi connectivity index (χ3v) is 4.53. The molecule has 1 amide bonds. The van der Waals surface area contributed by atoms with Crippen LogP contribution in [0.2, 0.25) is 0 Å². The number of amides is 1. The Kier molecular flexibility index (Phi) is 5.16.